The fourth-order valence-corrected chi connectivity index (χ4v) is 2.59. The van der Waals surface area contributed by atoms with E-state index in [1.165, 1.54) is 19.3 Å². The summed E-state index contributed by atoms with van der Waals surface area (Å²) >= 11 is 0. The molecule has 0 bridgehead atoms. The predicted molar refractivity (Wildman–Crippen MR) is 96.1 cm³/mol. The highest BCUT2D eigenvalue weighted by Gasteiger charge is 2.34. The number of phenolic OH excluding ortho intramolecular Hbond substituents is 1. The van der Waals surface area contributed by atoms with Crippen molar-refractivity contribution in [1.82, 2.24) is 5.43 Å². The fraction of sp³-hybridized carbons (Fsp3) is 0.111. The van der Waals surface area contributed by atoms with Crippen molar-refractivity contribution in [1.29, 1.82) is 0 Å². The maximum atomic E-state index is 12.6. The Balaban J connectivity index is 2.01. The average molecular weight is 369 g/mol. The van der Waals surface area contributed by atoms with Gasteiger partial charge in [-0.1, -0.05) is 17.7 Å². The number of rotatable bonds is 4. The molecule has 9 heteroatoms. The number of hydrogen-bond acceptors (Lipinski definition) is 6. The number of phenols is 1. The van der Waals surface area contributed by atoms with Crippen LogP contribution in [0.2, 0.25) is 0 Å². The molecule has 2 aromatic carbocycles. The molecular formula is C18H15N3O6. The van der Waals surface area contributed by atoms with Gasteiger partial charge in [-0.05, 0) is 36.8 Å². The highest BCUT2D eigenvalue weighted by Crippen LogP contribution is 2.37. The van der Waals surface area contributed by atoms with Crippen LogP contribution >= 0.6 is 0 Å². The van der Waals surface area contributed by atoms with Gasteiger partial charge in [-0.25, -0.2) is 5.01 Å². The van der Waals surface area contributed by atoms with Crippen LogP contribution in [0.4, 0.5) is 11.4 Å². The number of methoxy groups -OCH3 is 1. The summed E-state index contributed by atoms with van der Waals surface area (Å²) in [4.78, 5) is 35.1. The Bertz CT molecular complexity index is 981. The van der Waals surface area contributed by atoms with E-state index in [1.54, 1.807) is 24.3 Å². The monoisotopic (exact) mass is 369 g/mol. The van der Waals surface area contributed by atoms with Gasteiger partial charge >= 0.3 is 5.69 Å². The molecule has 0 unspecified atom stereocenters. The van der Waals surface area contributed by atoms with Crippen molar-refractivity contribution >= 4 is 29.3 Å². The summed E-state index contributed by atoms with van der Waals surface area (Å²) in [7, 11) is 1.24. The molecule has 0 aliphatic carbocycles. The van der Waals surface area contributed by atoms with Gasteiger partial charge in [-0.15, -0.1) is 0 Å². The zero-order valence-corrected chi connectivity index (χ0v) is 14.4. The van der Waals surface area contributed by atoms with E-state index in [0.717, 1.165) is 16.6 Å². The van der Waals surface area contributed by atoms with Crippen LogP contribution in [0, 0.1) is 17.0 Å². The van der Waals surface area contributed by atoms with Gasteiger partial charge in [0.25, 0.3) is 11.8 Å². The van der Waals surface area contributed by atoms with Crippen LogP contribution < -0.4 is 15.2 Å². The lowest BCUT2D eigenvalue weighted by Crippen LogP contribution is -2.35. The van der Waals surface area contributed by atoms with E-state index >= 15 is 0 Å². The highest BCUT2D eigenvalue weighted by molar-refractivity contribution is 6.31. The van der Waals surface area contributed by atoms with Gasteiger partial charge in [0.05, 0.1) is 17.7 Å². The van der Waals surface area contributed by atoms with Crippen LogP contribution in [-0.2, 0) is 9.59 Å². The Morgan fingerprint density at radius 2 is 1.89 bits per heavy atom. The van der Waals surface area contributed by atoms with E-state index < -0.39 is 28.2 Å². The lowest BCUT2D eigenvalue weighted by Gasteiger charge is -2.14. The second kappa shape index (κ2) is 6.79. The first kappa shape index (κ1) is 17.9. The highest BCUT2D eigenvalue weighted by atomic mass is 16.6. The van der Waals surface area contributed by atoms with Crippen molar-refractivity contribution in [3.8, 4) is 11.5 Å². The van der Waals surface area contributed by atoms with Crippen molar-refractivity contribution in [3.05, 3.63) is 63.2 Å². The topological polar surface area (TPSA) is 122 Å². The van der Waals surface area contributed by atoms with Crippen molar-refractivity contribution in [2.75, 3.05) is 12.1 Å². The largest absolute Gasteiger partial charge is 0.500 e. The number of nitrogens with one attached hydrogen (secondary N) is 1. The molecule has 2 aromatic rings. The van der Waals surface area contributed by atoms with Crippen LogP contribution in [0.15, 0.2) is 42.0 Å². The van der Waals surface area contributed by atoms with Gasteiger partial charge in [-0.3, -0.25) is 25.1 Å². The smallest absolute Gasteiger partial charge is 0.315 e. The number of aromatic hydroxyl groups is 1. The second-order valence-corrected chi connectivity index (χ2v) is 5.82. The maximum Gasteiger partial charge on any atom is 0.315 e. The molecule has 0 atom stereocenters. The molecule has 1 aliphatic rings. The Morgan fingerprint density at radius 3 is 2.48 bits per heavy atom. The Kier molecular flexibility index (Phi) is 4.51. The summed E-state index contributed by atoms with van der Waals surface area (Å²) in [5.41, 5.74) is 3.30. The van der Waals surface area contributed by atoms with E-state index in [1.807, 2.05) is 6.92 Å². The molecule has 27 heavy (non-hydrogen) atoms. The number of nitro benzene ring substituents is 1. The maximum absolute atomic E-state index is 12.6. The van der Waals surface area contributed by atoms with E-state index in [4.69, 9.17) is 4.74 Å². The number of hydrogen-bond donors (Lipinski definition) is 2. The number of aryl methyl sites for hydroxylation is 1. The number of benzene rings is 2. The van der Waals surface area contributed by atoms with E-state index in [2.05, 4.69) is 5.43 Å². The first-order valence-electron chi connectivity index (χ1n) is 7.81. The van der Waals surface area contributed by atoms with Gasteiger partial charge in [0.2, 0.25) is 5.75 Å². The zero-order valence-electron chi connectivity index (χ0n) is 14.4. The number of nitro groups is 1. The Hall–Kier alpha value is -3.88. The molecule has 138 valence electrons. The summed E-state index contributed by atoms with van der Waals surface area (Å²) in [5, 5.41) is 22.0. The predicted octanol–water partition coefficient (Wildman–Crippen LogP) is 2.08. The van der Waals surface area contributed by atoms with Crippen LogP contribution in [0.1, 0.15) is 11.1 Å². The first-order valence-corrected chi connectivity index (χ1v) is 7.81. The summed E-state index contributed by atoms with van der Waals surface area (Å²) in [5.74, 6) is -2.01. The van der Waals surface area contributed by atoms with Crippen molar-refractivity contribution in [3.63, 3.8) is 0 Å². The molecule has 1 fully saturated rings. The molecule has 3 rings (SSSR count). The summed E-state index contributed by atoms with van der Waals surface area (Å²) in [6.07, 6.45) is 1.21. The zero-order chi connectivity index (χ0) is 19.7. The summed E-state index contributed by atoms with van der Waals surface area (Å²) in [6.45, 7) is 1.89. The van der Waals surface area contributed by atoms with Crippen LogP contribution in [-0.4, -0.2) is 29.0 Å². The van der Waals surface area contributed by atoms with Gasteiger partial charge in [-0.2, -0.15) is 0 Å². The SMILES string of the molecule is COc1cc(C=C2C(=O)NN(c3ccc(C)cc3)C2=O)cc([N+](=O)[O-])c1O. The third-order valence-electron chi connectivity index (χ3n) is 3.99. The number of carbonyl (C=O) groups is 2. The normalized spacial score (nSPS) is 15.2. The first-order chi connectivity index (χ1) is 12.8. The molecule has 0 saturated carbocycles. The van der Waals surface area contributed by atoms with Crippen LogP contribution in [0.3, 0.4) is 0 Å². The van der Waals surface area contributed by atoms with Crippen LogP contribution in [0.5, 0.6) is 11.5 Å². The summed E-state index contributed by atoms with van der Waals surface area (Å²) in [6, 6.07) is 9.31. The minimum atomic E-state index is -0.783. The van der Waals surface area contributed by atoms with Crippen molar-refractivity contribution < 1.29 is 24.4 Å². The van der Waals surface area contributed by atoms with E-state index in [0.29, 0.717) is 5.69 Å². The molecule has 1 heterocycles. The number of nitrogens with zero attached hydrogens (tertiary/aromatic N) is 2. The molecule has 0 spiro atoms. The second-order valence-electron chi connectivity index (χ2n) is 5.82. The van der Waals surface area contributed by atoms with Gasteiger partial charge in [0, 0.05) is 6.07 Å². The van der Waals surface area contributed by atoms with E-state index in [9.17, 15) is 24.8 Å². The van der Waals surface area contributed by atoms with Crippen molar-refractivity contribution in [2.45, 2.75) is 6.92 Å². The number of amides is 2. The number of hydrazine groups is 1. The quantitative estimate of drug-likeness (QED) is 0.368. The Labute approximate surface area is 153 Å². The van der Waals surface area contributed by atoms with E-state index in [-0.39, 0.29) is 16.9 Å². The molecular weight excluding hydrogens is 354 g/mol. The molecule has 0 radical (unpaired) electrons. The number of carbonyl (C=O) groups excluding carboxylic acids is 2. The van der Waals surface area contributed by atoms with Crippen LogP contribution in [0.25, 0.3) is 6.08 Å². The molecule has 2 N–H and O–H groups in total. The standard InChI is InChI=1S/C18H15N3O6/c1-10-3-5-12(6-4-10)20-18(24)13(17(23)19-20)7-11-8-14(21(25)26)16(22)15(9-11)27-2/h3-9,22H,1-2H3,(H,19,23). The number of ether oxygens (including phenoxy) is 1. The van der Waals surface area contributed by atoms with Crippen molar-refractivity contribution in [2.24, 2.45) is 0 Å². The minimum absolute atomic E-state index is 0.141. The fourth-order valence-electron chi connectivity index (χ4n) is 2.59. The molecule has 1 aliphatic heterocycles. The minimum Gasteiger partial charge on any atom is -0.500 e. The average Bonchev–Trinajstić information content (AvgIpc) is 2.91. The van der Waals surface area contributed by atoms with Gasteiger partial charge in [0.1, 0.15) is 5.57 Å². The Morgan fingerprint density at radius 1 is 1.22 bits per heavy atom. The molecule has 1 saturated heterocycles. The molecule has 2 amide bonds. The summed E-state index contributed by atoms with van der Waals surface area (Å²) < 4.78 is 4.92. The van der Waals surface area contributed by atoms with Gasteiger partial charge < -0.3 is 9.84 Å². The third kappa shape index (κ3) is 3.30. The third-order valence-corrected chi connectivity index (χ3v) is 3.99. The number of anilines is 1. The van der Waals surface area contributed by atoms with Gasteiger partial charge in [0.15, 0.2) is 5.75 Å². The lowest BCUT2D eigenvalue weighted by atomic mass is 10.1. The molecule has 9 nitrogen and oxygen atoms in total. The lowest BCUT2D eigenvalue weighted by molar-refractivity contribution is -0.386. The molecule has 0 aromatic heterocycles.